The first-order valence-electron chi connectivity index (χ1n) is 9.17. The van der Waals surface area contributed by atoms with Crippen molar-refractivity contribution < 1.29 is 9.47 Å². The van der Waals surface area contributed by atoms with Crippen LogP contribution in [0.1, 0.15) is 38.0 Å². The lowest BCUT2D eigenvalue weighted by molar-refractivity contribution is -0.0864. The number of aromatic nitrogens is 2. The minimum Gasteiger partial charge on any atom is -0.460 e. The molecule has 0 spiro atoms. The molecule has 1 unspecified atom stereocenters. The van der Waals surface area contributed by atoms with Crippen LogP contribution in [0.2, 0.25) is 0 Å². The molecule has 0 fully saturated rings. The summed E-state index contributed by atoms with van der Waals surface area (Å²) in [5, 5.41) is 0. The maximum absolute atomic E-state index is 6.08. The van der Waals surface area contributed by atoms with Gasteiger partial charge in [-0.15, -0.1) is 0 Å². The second-order valence-corrected chi connectivity index (χ2v) is 6.39. The summed E-state index contributed by atoms with van der Waals surface area (Å²) in [6, 6.07) is 18.0. The molecule has 4 heteroatoms. The Morgan fingerprint density at radius 3 is 2.65 bits per heavy atom. The van der Waals surface area contributed by atoms with Gasteiger partial charge in [0, 0.05) is 17.3 Å². The van der Waals surface area contributed by atoms with Crippen LogP contribution in [0.15, 0.2) is 60.8 Å². The van der Waals surface area contributed by atoms with Gasteiger partial charge in [-0.3, -0.25) is 0 Å². The molecule has 0 bridgehead atoms. The van der Waals surface area contributed by atoms with E-state index in [4.69, 9.17) is 14.5 Å². The molecule has 0 saturated heterocycles. The summed E-state index contributed by atoms with van der Waals surface area (Å²) in [6.07, 6.45) is 4.72. The molecule has 3 aromatic rings. The van der Waals surface area contributed by atoms with Gasteiger partial charge in [-0.2, -0.15) is 0 Å². The van der Waals surface area contributed by atoms with Crippen molar-refractivity contribution in [2.24, 2.45) is 0 Å². The average molecular weight is 346 g/mol. The third-order valence-electron chi connectivity index (χ3n) is 4.50. The number of ether oxygens (including phenoxy) is 2. The monoisotopic (exact) mass is 346 g/mol. The summed E-state index contributed by atoms with van der Waals surface area (Å²) in [5.41, 5.74) is 3.76. The summed E-state index contributed by atoms with van der Waals surface area (Å²) in [7, 11) is 0. The lowest BCUT2D eigenvalue weighted by atomic mass is 10.0. The van der Waals surface area contributed by atoms with Gasteiger partial charge in [-0.1, -0.05) is 62.2 Å². The third-order valence-corrected chi connectivity index (χ3v) is 4.50. The number of unbranched alkanes of at least 4 members (excludes halogenated alkanes) is 2. The lowest BCUT2D eigenvalue weighted by Gasteiger charge is -2.27. The standard InChI is InChI=1S/C22H22N2O2/c1-2-3-9-14-25-22-18-15-23-21(16-10-5-4-6-11-16)24-20(18)17-12-7-8-13-19(17)26-22/h4-8,10-13,15,22H,2-3,9,14H2,1H3. The number of nitrogens with zero attached hydrogens (tertiary/aromatic N) is 2. The molecule has 1 aliphatic heterocycles. The van der Waals surface area contributed by atoms with E-state index < -0.39 is 6.29 Å². The molecule has 132 valence electrons. The molecule has 4 nitrogen and oxygen atoms in total. The molecule has 2 aromatic carbocycles. The molecule has 0 aliphatic carbocycles. The normalized spacial score (nSPS) is 15.0. The summed E-state index contributed by atoms with van der Waals surface area (Å²) in [6.45, 7) is 2.85. The molecule has 0 saturated carbocycles. The van der Waals surface area contributed by atoms with Crippen molar-refractivity contribution in [2.45, 2.75) is 32.5 Å². The molecular weight excluding hydrogens is 324 g/mol. The van der Waals surface area contributed by atoms with Crippen molar-refractivity contribution in [3.05, 3.63) is 66.4 Å². The van der Waals surface area contributed by atoms with Crippen LogP contribution in [0, 0.1) is 0 Å². The van der Waals surface area contributed by atoms with Crippen LogP contribution in [0.25, 0.3) is 22.6 Å². The van der Waals surface area contributed by atoms with E-state index in [9.17, 15) is 0 Å². The molecule has 1 atom stereocenters. The fourth-order valence-electron chi connectivity index (χ4n) is 3.12. The Labute approximate surface area is 153 Å². The van der Waals surface area contributed by atoms with E-state index in [2.05, 4.69) is 11.9 Å². The molecule has 26 heavy (non-hydrogen) atoms. The van der Waals surface area contributed by atoms with Crippen LogP contribution < -0.4 is 4.74 Å². The fourth-order valence-corrected chi connectivity index (χ4v) is 3.12. The Morgan fingerprint density at radius 2 is 1.81 bits per heavy atom. The Morgan fingerprint density at radius 1 is 1.00 bits per heavy atom. The Bertz CT molecular complexity index is 880. The van der Waals surface area contributed by atoms with E-state index in [-0.39, 0.29) is 0 Å². The molecule has 1 aromatic heterocycles. The summed E-state index contributed by atoms with van der Waals surface area (Å²) < 4.78 is 12.1. The predicted octanol–water partition coefficient (Wildman–Crippen LogP) is 5.41. The number of hydrogen-bond acceptors (Lipinski definition) is 4. The number of para-hydroxylation sites is 1. The maximum atomic E-state index is 6.08. The van der Waals surface area contributed by atoms with Crippen molar-refractivity contribution >= 4 is 0 Å². The smallest absolute Gasteiger partial charge is 0.230 e. The number of fused-ring (bicyclic) bond motifs is 3. The molecule has 4 rings (SSSR count). The van der Waals surface area contributed by atoms with Gasteiger partial charge in [0.25, 0.3) is 0 Å². The van der Waals surface area contributed by atoms with E-state index in [1.807, 2.05) is 60.8 Å². The van der Waals surface area contributed by atoms with E-state index >= 15 is 0 Å². The highest BCUT2D eigenvalue weighted by atomic mass is 16.7. The van der Waals surface area contributed by atoms with E-state index in [1.54, 1.807) is 0 Å². The zero-order chi connectivity index (χ0) is 17.8. The quantitative estimate of drug-likeness (QED) is 0.560. The van der Waals surface area contributed by atoms with Gasteiger partial charge in [0.15, 0.2) is 5.82 Å². The van der Waals surface area contributed by atoms with Gasteiger partial charge >= 0.3 is 0 Å². The summed E-state index contributed by atoms with van der Waals surface area (Å²) in [5.74, 6) is 1.52. The molecule has 0 amide bonds. The first-order chi connectivity index (χ1) is 12.9. The van der Waals surface area contributed by atoms with Gasteiger partial charge in [-0.05, 0) is 18.6 Å². The minimum atomic E-state index is -0.457. The van der Waals surface area contributed by atoms with E-state index in [0.29, 0.717) is 12.4 Å². The van der Waals surface area contributed by atoms with E-state index in [0.717, 1.165) is 47.4 Å². The number of rotatable bonds is 6. The molecule has 1 aliphatic rings. The highest BCUT2D eigenvalue weighted by Gasteiger charge is 2.28. The molecule has 0 N–H and O–H groups in total. The molecule has 0 radical (unpaired) electrons. The van der Waals surface area contributed by atoms with Gasteiger partial charge in [-0.25, -0.2) is 9.97 Å². The first kappa shape index (κ1) is 16.7. The largest absolute Gasteiger partial charge is 0.460 e. The fraction of sp³-hybridized carbons (Fsp3) is 0.273. The van der Waals surface area contributed by atoms with E-state index in [1.165, 1.54) is 0 Å². The Hall–Kier alpha value is -2.72. The average Bonchev–Trinajstić information content (AvgIpc) is 2.71. The Balaban J connectivity index is 1.71. The lowest BCUT2D eigenvalue weighted by Crippen LogP contribution is -2.19. The zero-order valence-electron chi connectivity index (χ0n) is 14.9. The second kappa shape index (κ2) is 7.67. The second-order valence-electron chi connectivity index (χ2n) is 6.39. The maximum Gasteiger partial charge on any atom is 0.230 e. The van der Waals surface area contributed by atoms with Crippen LogP contribution in [-0.4, -0.2) is 16.6 Å². The van der Waals surface area contributed by atoms with Gasteiger partial charge in [0.05, 0.1) is 17.9 Å². The third kappa shape index (κ3) is 3.33. The van der Waals surface area contributed by atoms with Crippen molar-refractivity contribution in [1.82, 2.24) is 9.97 Å². The van der Waals surface area contributed by atoms with Crippen molar-refractivity contribution in [3.63, 3.8) is 0 Å². The minimum absolute atomic E-state index is 0.457. The van der Waals surface area contributed by atoms with Gasteiger partial charge in [0.1, 0.15) is 5.75 Å². The summed E-state index contributed by atoms with van der Waals surface area (Å²) >= 11 is 0. The number of hydrogen-bond donors (Lipinski definition) is 0. The highest BCUT2D eigenvalue weighted by Crippen LogP contribution is 2.41. The van der Waals surface area contributed by atoms with Gasteiger partial charge in [0.2, 0.25) is 6.29 Å². The first-order valence-corrected chi connectivity index (χ1v) is 9.17. The van der Waals surface area contributed by atoms with Crippen molar-refractivity contribution in [3.8, 4) is 28.4 Å². The van der Waals surface area contributed by atoms with Crippen LogP contribution in [0.4, 0.5) is 0 Å². The zero-order valence-corrected chi connectivity index (χ0v) is 14.9. The number of benzene rings is 2. The van der Waals surface area contributed by atoms with Crippen molar-refractivity contribution in [2.75, 3.05) is 6.61 Å². The molecule has 2 heterocycles. The Kier molecular flexibility index (Phi) is 4.93. The SMILES string of the molecule is CCCCCOC1Oc2ccccc2-c2nc(-c3ccccc3)ncc21. The predicted molar refractivity (Wildman–Crippen MR) is 102 cm³/mol. The highest BCUT2D eigenvalue weighted by molar-refractivity contribution is 5.73. The van der Waals surface area contributed by atoms with Crippen molar-refractivity contribution in [1.29, 1.82) is 0 Å². The van der Waals surface area contributed by atoms with Crippen LogP contribution in [0.5, 0.6) is 5.75 Å². The van der Waals surface area contributed by atoms with Crippen LogP contribution in [0.3, 0.4) is 0 Å². The summed E-state index contributed by atoms with van der Waals surface area (Å²) in [4.78, 5) is 9.41. The van der Waals surface area contributed by atoms with Crippen LogP contribution in [-0.2, 0) is 4.74 Å². The topological polar surface area (TPSA) is 44.2 Å². The van der Waals surface area contributed by atoms with Crippen LogP contribution >= 0.6 is 0 Å². The van der Waals surface area contributed by atoms with Gasteiger partial charge < -0.3 is 9.47 Å². The molecular formula is C22H22N2O2.